The number of halogens is 3. The molecule has 1 aromatic carbocycles. The topological polar surface area (TPSA) is 144 Å². The molecule has 0 aliphatic rings. The van der Waals surface area contributed by atoms with Gasteiger partial charge in [0.15, 0.2) is 11.6 Å². The van der Waals surface area contributed by atoms with E-state index in [1.54, 1.807) is 18.2 Å². The SMILES string of the molecule is Nc1n[nH]c2ccc(CNC(=O)Cn3c(Cl)cnc(NCC(F)(F)c4ccccn4)c3=O)cc12. The minimum absolute atomic E-state index is 0.116. The van der Waals surface area contributed by atoms with Gasteiger partial charge in [0.25, 0.3) is 5.56 Å². The lowest BCUT2D eigenvalue weighted by Gasteiger charge is -2.17. The number of nitrogens with two attached hydrogens (primary N) is 1. The van der Waals surface area contributed by atoms with Crippen LogP contribution in [0.1, 0.15) is 11.3 Å². The fourth-order valence-electron chi connectivity index (χ4n) is 3.19. The van der Waals surface area contributed by atoms with Gasteiger partial charge in [-0.1, -0.05) is 23.7 Å². The van der Waals surface area contributed by atoms with Crippen LogP contribution in [-0.2, 0) is 23.8 Å². The molecule has 5 N–H and O–H groups in total. The number of H-pyrrole nitrogens is 1. The van der Waals surface area contributed by atoms with Crippen LogP contribution in [0.25, 0.3) is 10.9 Å². The largest absolute Gasteiger partial charge is 0.382 e. The quantitative estimate of drug-likeness (QED) is 0.298. The first kappa shape index (κ1) is 23.1. The van der Waals surface area contributed by atoms with Crippen LogP contribution >= 0.6 is 11.6 Å². The molecule has 0 spiro atoms. The van der Waals surface area contributed by atoms with E-state index in [1.165, 1.54) is 24.4 Å². The van der Waals surface area contributed by atoms with Crippen molar-refractivity contribution in [1.82, 2.24) is 30.0 Å². The Kier molecular flexibility index (Phi) is 6.41. The third-order valence-corrected chi connectivity index (χ3v) is 5.27. The van der Waals surface area contributed by atoms with Crippen molar-refractivity contribution < 1.29 is 13.6 Å². The summed E-state index contributed by atoms with van der Waals surface area (Å²) in [7, 11) is 0. The van der Waals surface area contributed by atoms with Gasteiger partial charge in [-0.2, -0.15) is 13.9 Å². The maximum absolute atomic E-state index is 14.4. The number of nitrogen functional groups attached to an aromatic ring is 1. The highest BCUT2D eigenvalue weighted by atomic mass is 35.5. The fraction of sp³-hybridized carbons (Fsp3) is 0.190. The molecule has 3 heterocycles. The van der Waals surface area contributed by atoms with Crippen LogP contribution in [0.15, 0.2) is 53.6 Å². The van der Waals surface area contributed by atoms with Crippen LogP contribution in [0.2, 0.25) is 5.15 Å². The molecule has 34 heavy (non-hydrogen) atoms. The summed E-state index contributed by atoms with van der Waals surface area (Å²) in [4.78, 5) is 32.6. The summed E-state index contributed by atoms with van der Waals surface area (Å²) in [6.07, 6.45) is 2.35. The molecule has 0 unspecified atom stereocenters. The van der Waals surface area contributed by atoms with Gasteiger partial charge in [0.05, 0.1) is 18.3 Å². The standard InChI is InChI=1S/C21H19ClF2N8O2/c22-16-9-28-19(29-11-21(23,24)15-3-1-2-6-26-15)20(34)32(16)10-17(33)27-8-12-4-5-14-13(7-12)18(25)31-30-14/h1-7,9H,8,10-11H2,(H,27,33)(H,28,29)(H3,25,30,31). The molecule has 1 amide bonds. The van der Waals surface area contributed by atoms with Crippen LogP contribution in [0.5, 0.6) is 0 Å². The van der Waals surface area contributed by atoms with Crippen molar-refractivity contribution >= 4 is 40.0 Å². The molecular formula is C21H19ClF2N8O2. The number of carbonyl (C=O) groups excluding carboxylic acids is 1. The van der Waals surface area contributed by atoms with Gasteiger partial charge in [0.2, 0.25) is 5.91 Å². The van der Waals surface area contributed by atoms with Crippen molar-refractivity contribution in [2.75, 3.05) is 17.6 Å². The number of aromatic nitrogens is 5. The molecule has 4 aromatic rings. The number of nitrogens with one attached hydrogen (secondary N) is 3. The Morgan fingerprint density at radius 1 is 1.24 bits per heavy atom. The third kappa shape index (κ3) is 4.96. The summed E-state index contributed by atoms with van der Waals surface area (Å²) in [5, 5.41) is 12.3. The summed E-state index contributed by atoms with van der Waals surface area (Å²) in [5.74, 6) is -3.89. The van der Waals surface area contributed by atoms with Gasteiger partial charge in [-0.3, -0.25) is 24.2 Å². The van der Waals surface area contributed by atoms with Gasteiger partial charge in [0, 0.05) is 18.1 Å². The molecule has 0 aliphatic heterocycles. The predicted octanol–water partition coefficient (Wildman–Crippen LogP) is 2.27. The second-order valence-corrected chi connectivity index (χ2v) is 7.75. The van der Waals surface area contributed by atoms with Crippen LogP contribution in [-0.4, -0.2) is 37.2 Å². The first-order valence-electron chi connectivity index (χ1n) is 10.0. The number of amides is 1. The summed E-state index contributed by atoms with van der Waals surface area (Å²) < 4.78 is 29.7. The zero-order valence-electron chi connectivity index (χ0n) is 17.6. The molecule has 0 bridgehead atoms. The van der Waals surface area contributed by atoms with Gasteiger partial charge in [-0.25, -0.2) is 4.98 Å². The molecule has 0 atom stereocenters. The second-order valence-electron chi connectivity index (χ2n) is 7.36. The van der Waals surface area contributed by atoms with Crippen molar-refractivity contribution in [2.24, 2.45) is 0 Å². The van der Waals surface area contributed by atoms with E-state index in [9.17, 15) is 18.4 Å². The molecule has 176 valence electrons. The van der Waals surface area contributed by atoms with Crippen LogP contribution in [0.4, 0.5) is 20.4 Å². The number of hydrogen-bond donors (Lipinski definition) is 4. The summed E-state index contributed by atoms with van der Waals surface area (Å²) >= 11 is 6.03. The zero-order chi connectivity index (χ0) is 24.3. The monoisotopic (exact) mass is 488 g/mol. The predicted molar refractivity (Wildman–Crippen MR) is 122 cm³/mol. The molecule has 13 heteroatoms. The average molecular weight is 489 g/mol. The van der Waals surface area contributed by atoms with Crippen LogP contribution in [0, 0.1) is 0 Å². The molecule has 0 aliphatic carbocycles. The van der Waals surface area contributed by atoms with E-state index < -0.39 is 36.2 Å². The highest BCUT2D eigenvalue weighted by Gasteiger charge is 2.33. The number of carbonyl (C=O) groups is 1. The Bertz CT molecular complexity index is 1390. The number of anilines is 2. The van der Waals surface area contributed by atoms with E-state index in [2.05, 4.69) is 30.8 Å². The van der Waals surface area contributed by atoms with E-state index >= 15 is 0 Å². The van der Waals surface area contributed by atoms with Crippen molar-refractivity contribution in [3.63, 3.8) is 0 Å². The lowest BCUT2D eigenvalue weighted by Crippen LogP contribution is -2.35. The molecule has 4 rings (SSSR count). The van der Waals surface area contributed by atoms with E-state index in [-0.39, 0.29) is 17.5 Å². The van der Waals surface area contributed by atoms with Gasteiger partial charge in [-0.05, 0) is 29.8 Å². The van der Waals surface area contributed by atoms with Crippen molar-refractivity contribution in [2.45, 2.75) is 19.0 Å². The zero-order valence-corrected chi connectivity index (χ0v) is 18.3. The Morgan fingerprint density at radius 2 is 2.06 bits per heavy atom. The first-order chi connectivity index (χ1) is 16.2. The average Bonchev–Trinajstić information content (AvgIpc) is 3.20. The normalized spacial score (nSPS) is 11.5. The maximum Gasteiger partial charge on any atom is 0.306 e. The van der Waals surface area contributed by atoms with Crippen molar-refractivity contribution in [3.05, 3.63) is 75.6 Å². The summed E-state index contributed by atoms with van der Waals surface area (Å²) in [6.45, 7) is -1.18. The second kappa shape index (κ2) is 9.43. The third-order valence-electron chi connectivity index (χ3n) is 4.97. The molecule has 3 aromatic heterocycles. The van der Waals surface area contributed by atoms with Crippen molar-refractivity contribution in [3.8, 4) is 0 Å². The lowest BCUT2D eigenvalue weighted by atomic mass is 10.1. The maximum atomic E-state index is 14.4. The first-order valence-corrected chi connectivity index (χ1v) is 10.4. The lowest BCUT2D eigenvalue weighted by molar-refractivity contribution is -0.121. The smallest absolute Gasteiger partial charge is 0.306 e. The summed E-state index contributed by atoms with van der Waals surface area (Å²) in [5.41, 5.74) is 6.05. The number of pyridine rings is 1. The Labute approximate surface area is 196 Å². The van der Waals surface area contributed by atoms with Crippen LogP contribution in [0.3, 0.4) is 0 Å². The Balaban J connectivity index is 1.42. The fourth-order valence-corrected chi connectivity index (χ4v) is 3.38. The number of rotatable bonds is 8. The minimum atomic E-state index is -3.35. The molecule has 10 nitrogen and oxygen atoms in total. The Morgan fingerprint density at radius 3 is 2.82 bits per heavy atom. The summed E-state index contributed by atoms with van der Waals surface area (Å²) in [6, 6.07) is 9.48. The molecule has 0 saturated heterocycles. The molecule has 0 radical (unpaired) electrons. The van der Waals surface area contributed by atoms with Crippen molar-refractivity contribution in [1.29, 1.82) is 0 Å². The van der Waals surface area contributed by atoms with Gasteiger partial charge >= 0.3 is 5.92 Å². The van der Waals surface area contributed by atoms with E-state index in [0.29, 0.717) is 5.82 Å². The van der Waals surface area contributed by atoms with E-state index in [4.69, 9.17) is 17.3 Å². The Hall–Kier alpha value is -4.06. The van der Waals surface area contributed by atoms with Gasteiger partial charge in [-0.15, -0.1) is 0 Å². The van der Waals surface area contributed by atoms with E-state index in [0.717, 1.165) is 27.2 Å². The number of fused-ring (bicyclic) bond motifs is 1. The number of alkyl halides is 2. The number of aromatic amines is 1. The number of nitrogens with zero attached hydrogens (tertiary/aromatic N) is 4. The van der Waals surface area contributed by atoms with Crippen LogP contribution < -0.4 is 21.9 Å². The highest BCUT2D eigenvalue weighted by Crippen LogP contribution is 2.25. The number of hydrogen-bond acceptors (Lipinski definition) is 7. The van der Waals surface area contributed by atoms with Gasteiger partial charge < -0.3 is 16.4 Å². The minimum Gasteiger partial charge on any atom is -0.382 e. The number of benzene rings is 1. The van der Waals surface area contributed by atoms with E-state index in [1.807, 2.05) is 0 Å². The molecule has 0 saturated carbocycles. The highest BCUT2D eigenvalue weighted by molar-refractivity contribution is 6.29. The van der Waals surface area contributed by atoms with Gasteiger partial charge in [0.1, 0.15) is 17.4 Å². The molecular weight excluding hydrogens is 470 g/mol. The molecule has 0 fully saturated rings.